The van der Waals surface area contributed by atoms with Gasteiger partial charge in [0.15, 0.2) is 5.79 Å². The molecule has 0 aromatic heterocycles. The fourth-order valence-electron chi connectivity index (χ4n) is 3.46. The van der Waals surface area contributed by atoms with Gasteiger partial charge in [-0.3, -0.25) is 4.79 Å². The number of nitrogens with one attached hydrogen (secondary N) is 1. The van der Waals surface area contributed by atoms with E-state index >= 15 is 0 Å². The molecule has 2 heterocycles. The standard InChI is InChI=1S/C19H28N2O5S/c1-2-3-4-11-20-27(23,24)17-7-5-16(6-8-17)18(22)21-12-9-19(10-13-21)25-14-15-26-19/h5-8,20H,2-4,9-15H2,1H3. The average Bonchev–Trinajstić information content (AvgIpc) is 3.13. The van der Waals surface area contributed by atoms with Crippen LogP contribution in [-0.2, 0) is 19.5 Å². The van der Waals surface area contributed by atoms with Gasteiger partial charge in [0.1, 0.15) is 0 Å². The van der Waals surface area contributed by atoms with Crippen molar-refractivity contribution in [1.29, 1.82) is 0 Å². The van der Waals surface area contributed by atoms with E-state index in [4.69, 9.17) is 9.47 Å². The van der Waals surface area contributed by atoms with Gasteiger partial charge in [-0.15, -0.1) is 0 Å². The molecule has 0 radical (unpaired) electrons. The molecule has 1 aromatic rings. The molecular weight excluding hydrogens is 368 g/mol. The zero-order valence-electron chi connectivity index (χ0n) is 15.8. The second-order valence-corrected chi connectivity index (χ2v) is 8.80. The summed E-state index contributed by atoms with van der Waals surface area (Å²) < 4.78 is 38.5. The lowest BCUT2D eigenvalue weighted by Crippen LogP contribution is -2.47. The highest BCUT2D eigenvalue weighted by molar-refractivity contribution is 7.89. The second kappa shape index (κ2) is 8.68. The maximum absolute atomic E-state index is 12.7. The number of benzene rings is 1. The van der Waals surface area contributed by atoms with Crippen molar-refractivity contribution in [2.24, 2.45) is 0 Å². The molecule has 2 fully saturated rings. The third-order valence-corrected chi connectivity index (χ3v) is 6.59. The van der Waals surface area contributed by atoms with Crippen molar-refractivity contribution in [3.8, 4) is 0 Å². The maximum atomic E-state index is 12.7. The topological polar surface area (TPSA) is 84.9 Å². The van der Waals surface area contributed by atoms with Crippen LogP contribution in [0, 0.1) is 0 Å². The minimum Gasteiger partial charge on any atom is -0.347 e. The molecule has 3 rings (SSSR count). The number of amides is 1. The predicted molar refractivity (Wildman–Crippen MR) is 101 cm³/mol. The summed E-state index contributed by atoms with van der Waals surface area (Å²) in [5, 5.41) is 0. The quantitative estimate of drug-likeness (QED) is 0.714. The molecule has 7 nitrogen and oxygen atoms in total. The molecule has 2 aliphatic rings. The van der Waals surface area contributed by atoms with E-state index in [2.05, 4.69) is 11.6 Å². The molecule has 1 amide bonds. The van der Waals surface area contributed by atoms with Gasteiger partial charge in [0.2, 0.25) is 10.0 Å². The SMILES string of the molecule is CCCCCNS(=O)(=O)c1ccc(C(=O)N2CCC3(CC2)OCCO3)cc1. The van der Waals surface area contributed by atoms with Gasteiger partial charge in [-0.05, 0) is 30.7 Å². The first-order chi connectivity index (χ1) is 13.0. The molecule has 2 saturated heterocycles. The number of nitrogens with zero attached hydrogens (tertiary/aromatic N) is 1. The average molecular weight is 397 g/mol. The number of sulfonamides is 1. The first-order valence-corrected chi connectivity index (χ1v) is 11.1. The van der Waals surface area contributed by atoms with Crippen LogP contribution in [0.15, 0.2) is 29.2 Å². The van der Waals surface area contributed by atoms with Crippen molar-refractivity contribution in [2.45, 2.75) is 49.7 Å². The van der Waals surface area contributed by atoms with E-state index in [9.17, 15) is 13.2 Å². The first kappa shape index (κ1) is 20.3. The molecule has 0 atom stereocenters. The van der Waals surface area contributed by atoms with Gasteiger partial charge in [0.25, 0.3) is 5.91 Å². The molecule has 1 aromatic carbocycles. The Morgan fingerprint density at radius 2 is 1.74 bits per heavy atom. The Hall–Kier alpha value is -1.48. The summed E-state index contributed by atoms with van der Waals surface area (Å²) in [5.41, 5.74) is 0.490. The number of unbranched alkanes of at least 4 members (excludes halogenated alkanes) is 2. The lowest BCUT2D eigenvalue weighted by atomic mass is 10.0. The molecule has 0 unspecified atom stereocenters. The van der Waals surface area contributed by atoms with Gasteiger partial charge in [-0.25, -0.2) is 13.1 Å². The van der Waals surface area contributed by atoms with Crippen LogP contribution >= 0.6 is 0 Å². The Balaban J connectivity index is 1.57. The summed E-state index contributed by atoms with van der Waals surface area (Å²) in [7, 11) is -3.53. The third kappa shape index (κ3) is 4.87. The molecule has 1 spiro atoms. The maximum Gasteiger partial charge on any atom is 0.253 e. The normalized spacial score (nSPS) is 19.5. The van der Waals surface area contributed by atoms with Crippen molar-refractivity contribution in [3.05, 3.63) is 29.8 Å². The molecule has 2 aliphatic heterocycles. The van der Waals surface area contributed by atoms with Crippen LogP contribution in [0.25, 0.3) is 0 Å². The van der Waals surface area contributed by atoms with Crippen LogP contribution in [0.3, 0.4) is 0 Å². The molecule has 8 heteroatoms. The number of rotatable bonds is 7. The van der Waals surface area contributed by atoms with Gasteiger partial charge in [-0.2, -0.15) is 0 Å². The Morgan fingerprint density at radius 3 is 2.33 bits per heavy atom. The molecule has 27 heavy (non-hydrogen) atoms. The van der Waals surface area contributed by atoms with Crippen LogP contribution in [0.4, 0.5) is 0 Å². The smallest absolute Gasteiger partial charge is 0.253 e. The fourth-order valence-corrected chi connectivity index (χ4v) is 4.53. The zero-order chi connectivity index (χ0) is 19.3. The summed E-state index contributed by atoms with van der Waals surface area (Å²) in [6.45, 7) is 4.85. The molecule has 150 valence electrons. The number of hydrogen-bond donors (Lipinski definition) is 1. The lowest BCUT2D eigenvalue weighted by Gasteiger charge is -2.37. The monoisotopic (exact) mass is 396 g/mol. The zero-order valence-corrected chi connectivity index (χ0v) is 16.6. The van der Waals surface area contributed by atoms with E-state index in [1.54, 1.807) is 17.0 Å². The highest BCUT2D eigenvalue weighted by Gasteiger charge is 2.40. The summed E-state index contributed by atoms with van der Waals surface area (Å²) in [5.74, 6) is -0.610. The summed E-state index contributed by atoms with van der Waals surface area (Å²) in [6, 6.07) is 6.14. The van der Waals surface area contributed by atoms with E-state index in [1.807, 2.05) is 0 Å². The number of carbonyl (C=O) groups is 1. The molecule has 0 bridgehead atoms. The van der Waals surface area contributed by atoms with E-state index in [0.717, 1.165) is 19.3 Å². The fraction of sp³-hybridized carbons (Fsp3) is 0.632. The van der Waals surface area contributed by atoms with Crippen LogP contribution in [0.1, 0.15) is 49.4 Å². The van der Waals surface area contributed by atoms with Crippen LogP contribution in [0.5, 0.6) is 0 Å². The van der Waals surface area contributed by atoms with Crippen LogP contribution < -0.4 is 4.72 Å². The van der Waals surface area contributed by atoms with Gasteiger partial charge in [0, 0.05) is 38.0 Å². The molecule has 1 N–H and O–H groups in total. The number of ether oxygens (including phenoxy) is 2. The van der Waals surface area contributed by atoms with Crippen molar-refractivity contribution < 1.29 is 22.7 Å². The minimum atomic E-state index is -3.53. The Kier molecular flexibility index (Phi) is 6.52. The highest BCUT2D eigenvalue weighted by Crippen LogP contribution is 2.31. The Labute approximate surface area is 161 Å². The largest absolute Gasteiger partial charge is 0.347 e. The number of likely N-dealkylation sites (tertiary alicyclic amines) is 1. The minimum absolute atomic E-state index is 0.0947. The van der Waals surface area contributed by atoms with Gasteiger partial charge >= 0.3 is 0 Å². The Bertz CT molecular complexity index is 732. The Morgan fingerprint density at radius 1 is 1.11 bits per heavy atom. The predicted octanol–water partition coefficient (Wildman–Crippen LogP) is 2.13. The van der Waals surface area contributed by atoms with Crippen molar-refractivity contribution in [3.63, 3.8) is 0 Å². The highest BCUT2D eigenvalue weighted by atomic mass is 32.2. The van der Waals surface area contributed by atoms with E-state index < -0.39 is 15.8 Å². The van der Waals surface area contributed by atoms with Crippen molar-refractivity contribution >= 4 is 15.9 Å². The second-order valence-electron chi connectivity index (χ2n) is 7.03. The summed E-state index contributed by atoms with van der Waals surface area (Å²) in [4.78, 5) is 14.6. The van der Waals surface area contributed by atoms with Crippen molar-refractivity contribution in [2.75, 3.05) is 32.8 Å². The van der Waals surface area contributed by atoms with E-state index in [0.29, 0.717) is 51.3 Å². The van der Waals surface area contributed by atoms with E-state index in [1.165, 1.54) is 12.1 Å². The lowest BCUT2D eigenvalue weighted by molar-refractivity contribution is -0.181. The van der Waals surface area contributed by atoms with Crippen molar-refractivity contribution in [1.82, 2.24) is 9.62 Å². The molecule has 0 aliphatic carbocycles. The number of piperidine rings is 1. The van der Waals surface area contributed by atoms with Gasteiger partial charge in [-0.1, -0.05) is 19.8 Å². The summed E-state index contributed by atoms with van der Waals surface area (Å²) >= 11 is 0. The first-order valence-electron chi connectivity index (χ1n) is 9.63. The molecule has 0 saturated carbocycles. The third-order valence-electron chi connectivity index (χ3n) is 5.11. The van der Waals surface area contributed by atoms with Crippen LogP contribution in [-0.4, -0.2) is 57.9 Å². The number of hydrogen-bond acceptors (Lipinski definition) is 5. The summed E-state index contributed by atoms with van der Waals surface area (Å²) in [6.07, 6.45) is 4.16. The number of carbonyl (C=O) groups excluding carboxylic acids is 1. The van der Waals surface area contributed by atoms with Crippen LogP contribution in [0.2, 0.25) is 0 Å². The van der Waals surface area contributed by atoms with Gasteiger partial charge < -0.3 is 14.4 Å². The van der Waals surface area contributed by atoms with E-state index in [-0.39, 0.29) is 10.8 Å². The van der Waals surface area contributed by atoms with Gasteiger partial charge in [0.05, 0.1) is 18.1 Å². The molecular formula is C19H28N2O5S.